The highest BCUT2D eigenvalue weighted by Crippen LogP contribution is 2.18. The Morgan fingerprint density at radius 2 is 1.94 bits per heavy atom. The maximum Gasteiger partial charge on any atom is 0.409 e. The summed E-state index contributed by atoms with van der Waals surface area (Å²) in [5.41, 5.74) is 1.09. The molecule has 0 atom stereocenters. The molecule has 3 rings (SSSR count). The average Bonchev–Trinajstić information content (AvgIpc) is 2.83. The first-order chi connectivity index (χ1) is 15.7. The van der Waals surface area contributed by atoms with Crippen LogP contribution in [0.2, 0.25) is 0 Å². The van der Waals surface area contributed by atoms with E-state index in [0.717, 1.165) is 63.0 Å². The van der Waals surface area contributed by atoms with Gasteiger partial charge in [0.2, 0.25) is 0 Å². The highest BCUT2D eigenvalue weighted by Gasteiger charge is 2.24. The van der Waals surface area contributed by atoms with Gasteiger partial charge in [-0.2, -0.15) is 0 Å². The summed E-state index contributed by atoms with van der Waals surface area (Å²) in [5, 5.41) is 6.87. The van der Waals surface area contributed by atoms with Gasteiger partial charge in [0.1, 0.15) is 12.4 Å². The third-order valence-electron chi connectivity index (χ3n) is 5.77. The smallest absolute Gasteiger partial charge is 0.409 e. The molecule has 178 valence electrons. The fourth-order valence-corrected chi connectivity index (χ4v) is 3.89. The van der Waals surface area contributed by atoms with Gasteiger partial charge in [-0.3, -0.25) is 9.89 Å². The van der Waals surface area contributed by atoms with Crippen molar-refractivity contribution >= 4 is 12.1 Å². The molecule has 2 saturated heterocycles. The van der Waals surface area contributed by atoms with E-state index in [0.29, 0.717) is 32.8 Å². The summed E-state index contributed by atoms with van der Waals surface area (Å²) >= 11 is 0. The first kappa shape index (κ1) is 24.1. The standard InChI is InChI=1S/C23H37N5O4/c1-3-31-23(29)28-10-8-20(9-11-28)26-22(24-2)25-18-19-6-4-5-7-21(19)32-17-14-27-12-15-30-16-13-27/h4-7,20H,3,8-18H2,1-2H3,(H2,24,25,26). The molecule has 32 heavy (non-hydrogen) atoms. The lowest BCUT2D eigenvalue weighted by molar-refractivity contribution is 0.0322. The predicted molar refractivity (Wildman–Crippen MR) is 124 cm³/mol. The number of likely N-dealkylation sites (tertiary alicyclic amines) is 1. The third-order valence-corrected chi connectivity index (χ3v) is 5.77. The van der Waals surface area contributed by atoms with Crippen molar-refractivity contribution in [3.8, 4) is 5.75 Å². The van der Waals surface area contributed by atoms with Crippen molar-refractivity contribution in [1.82, 2.24) is 20.4 Å². The SMILES string of the molecule is CCOC(=O)N1CCC(NC(=NC)NCc2ccccc2OCCN2CCOCC2)CC1. The van der Waals surface area contributed by atoms with Crippen molar-refractivity contribution in [2.75, 3.05) is 66.2 Å². The van der Waals surface area contributed by atoms with Crippen LogP contribution in [0.3, 0.4) is 0 Å². The van der Waals surface area contributed by atoms with Gasteiger partial charge >= 0.3 is 6.09 Å². The molecule has 1 aromatic carbocycles. The zero-order valence-electron chi connectivity index (χ0n) is 19.3. The summed E-state index contributed by atoms with van der Waals surface area (Å²) in [7, 11) is 1.77. The monoisotopic (exact) mass is 447 g/mol. The molecule has 2 fully saturated rings. The van der Waals surface area contributed by atoms with Gasteiger partial charge in [0.05, 0.1) is 19.8 Å². The number of carbonyl (C=O) groups excluding carboxylic acids is 1. The lowest BCUT2D eigenvalue weighted by atomic mass is 10.1. The van der Waals surface area contributed by atoms with Crippen molar-refractivity contribution in [3.05, 3.63) is 29.8 Å². The molecular formula is C23H37N5O4. The molecule has 2 aliphatic rings. The average molecular weight is 448 g/mol. The number of ether oxygens (including phenoxy) is 3. The van der Waals surface area contributed by atoms with Crippen LogP contribution in [0, 0.1) is 0 Å². The van der Waals surface area contributed by atoms with E-state index in [-0.39, 0.29) is 12.1 Å². The Morgan fingerprint density at radius 3 is 2.66 bits per heavy atom. The van der Waals surface area contributed by atoms with Gasteiger partial charge in [-0.1, -0.05) is 18.2 Å². The molecule has 0 bridgehead atoms. The van der Waals surface area contributed by atoms with Crippen LogP contribution in [0.5, 0.6) is 5.75 Å². The summed E-state index contributed by atoms with van der Waals surface area (Å²) in [6.45, 7) is 9.32. The molecule has 0 unspecified atom stereocenters. The number of nitrogens with zero attached hydrogens (tertiary/aromatic N) is 3. The summed E-state index contributed by atoms with van der Waals surface area (Å²) in [4.78, 5) is 20.4. The van der Waals surface area contributed by atoms with E-state index >= 15 is 0 Å². The molecule has 2 heterocycles. The fraction of sp³-hybridized carbons (Fsp3) is 0.652. The minimum Gasteiger partial charge on any atom is -0.492 e. The van der Waals surface area contributed by atoms with Gasteiger partial charge in [-0.15, -0.1) is 0 Å². The Labute approximate surface area is 191 Å². The molecule has 1 aromatic rings. The van der Waals surface area contributed by atoms with Gasteiger partial charge in [-0.25, -0.2) is 4.79 Å². The number of rotatable bonds is 8. The zero-order valence-corrected chi connectivity index (χ0v) is 19.3. The molecule has 0 aromatic heterocycles. The Hall–Kier alpha value is -2.52. The normalized spacial score (nSPS) is 18.3. The van der Waals surface area contributed by atoms with E-state index in [9.17, 15) is 4.79 Å². The topological polar surface area (TPSA) is 87.7 Å². The Kier molecular flexibility index (Phi) is 9.90. The summed E-state index contributed by atoms with van der Waals surface area (Å²) in [6.07, 6.45) is 1.50. The second-order valence-electron chi connectivity index (χ2n) is 7.94. The summed E-state index contributed by atoms with van der Waals surface area (Å²) in [6, 6.07) is 8.37. The number of guanidine groups is 1. The Morgan fingerprint density at radius 1 is 1.19 bits per heavy atom. The lowest BCUT2D eigenvalue weighted by Gasteiger charge is -2.32. The second-order valence-corrected chi connectivity index (χ2v) is 7.94. The molecule has 0 saturated carbocycles. The predicted octanol–water partition coefficient (Wildman–Crippen LogP) is 1.68. The molecule has 9 nitrogen and oxygen atoms in total. The lowest BCUT2D eigenvalue weighted by Crippen LogP contribution is -2.49. The molecule has 0 spiro atoms. The minimum absolute atomic E-state index is 0.223. The summed E-state index contributed by atoms with van der Waals surface area (Å²) < 4.78 is 16.6. The minimum atomic E-state index is -0.223. The number of nitrogens with one attached hydrogen (secondary N) is 2. The number of hydrogen-bond acceptors (Lipinski definition) is 6. The molecule has 0 radical (unpaired) electrons. The van der Waals surface area contributed by atoms with Crippen LogP contribution < -0.4 is 15.4 Å². The highest BCUT2D eigenvalue weighted by molar-refractivity contribution is 5.80. The molecule has 9 heteroatoms. The van der Waals surface area contributed by atoms with Crippen molar-refractivity contribution in [2.45, 2.75) is 32.4 Å². The van der Waals surface area contributed by atoms with Gasteiger partial charge in [-0.05, 0) is 25.8 Å². The first-order valence-corrected chi connectivity index (χ1v) is 11.6. The maximum atomic E-state index is 11.9. The van der Waals surface area contributed by atoms with Crippen molar-refractivity contribution in [1.29, 1.82) is 0 Å². The van der Waals surface area contributed by atoms with Crippen LogP contribution in [0.4, 0.5) is 4.79 Å². The number of benzene rings is 1. The van der Waals surface area contributed by atoms with Crippen molar-refractivity contribution in [3.63, 3.8) is 0 Å². The molecule has 0 aliphatic carbocycles. The fourth-order valence-electron chi connectivity index (χ4n) is 3.89. The molecule has 2 N–H and O–H groups in total. The van der Waals surface area contributed by atoms with Crippen molar-refractivity contribution < 1.29 is 19.0 Å². The highest BCUT2D eigenvalue weighted by atomic mass is 16.6. The van der Waals surface area contributed by atoms with Gasteiger partial charge in [0, 0.05) is 57.9 Å². The number of para-hydroxylation sites is 1. The van der Waals surface area contributed by atoms with E-state index in [2.05, 4.69) is 26.6 Å². The van der Waals surface area contributed by atoms with Gasteiger partial charge in [0.25, 0.3) is 0 Å². The second kappa shape index (κ2) is 13.1. The van der Waals surface area contributed by atoms with Crippen LogP contribution in [-0.4, -0.2) is 94.1 Å². The van der Waals surface area contributed by atoms with Crippen LogP contribution >= 0.6 is 0 Å². The quantitative estimate of drug-likeness (QED) is 0.463. The van der Waals surface area contributed by atoms with E-state index in [1.54, 1.807) is 11.9 Å². The van der Waals surface area contributed by atoms with E-state index in [4.69, 9.17) is 14.2 Å². The number of morpholine rings is 1. The number of hydrogen-bond donors (Lipinski definition) is 2. The van der Waals surface area contributed by atoms with Crippen LogP contribution in [0.25, 0.3) is 0 Å². The summed E-state index contributed by atoms with van der Waals surface area (Å²) in [5.74, 6) is 1.65. The molecule has 2 aliphatic heterocycles. The van der Waals surface area contributed by atoms with Crippen LogP contribution in [0.1, 0.15) is 25.3 Å². The zero-order chi connectivity index (χ0) is 22.6. The molecule has 1 amide bonds. The molecular weight excluding hydrogens is 410 g/mol. The van der Waals surface area contributed by atoms with E-state index < -0.39 is 0 Å². The number of aliphatic imine (C=N–C) groups is 1. The Bertz CT molecular complexity index is 731. The largest absolute Gasteiger partial charge is 0.492 e. The van der Waals surface area contributed by atoms with Crippen LogP contribution in [-0.2, 0) is 16.0 Å². The van der Waals surface area contributed by atoms with E-state index in [1.807, 2.05) is 25.1 Å². The van der Waals surface area contributed by atoms with E-state index in [1.165, 1.54) is 0 Å². The third kappa shape index (κ3) is 7.56. The number of carbonyl (C=O) groups is 1. The number of amides is 1. The maximum absolute atomic E-state index is 11.9. The van der Waals surface area contributed by atoms with Gasteiger partial charge < -0.3 is 29.7 Å². The van der Waals surface area contributed by atoms with Crippen LogP contribution in [0.15, 0.2) is 29.3 Å². The Balaban J connectivity index is 1.42. The first-order valence-electron chi connectivity index (χ1n) is 11.6. The van der Waals surface area contributed by atoms with Gasteiger partial charge in [0.15, 0.2) is 5.96 Å². The van der Waals surface area contributed by atoms with Crippen molar-refractivity contribution in [2.24, 2.45) is 4.99 Å². The number of piperidine rings is 1.